The Labute approximate surface area is 155 Å². The smallest absolute Gasteiger partial charge is 0.358 e. The zero-order valence-electron chi connectivity index (χ0n) is 14.4. The van der Waals surface area contributed by atoms with Gasteiger partial charge in [-0.2, -0.15) is 0 Å². The largest absolute Gasteiger partial charge is 0.457 e. The van der Waals surface area contributed by atoms with E-state index in [-0.39, 0.29) is 45.8 Å². The van der Waals surface area contributed by atoms with E-state index in [1.165, 1.54) is 29.2 Å². The molecule has 0 saturated heterocycles. The molecule has 1 aromatic carbocycles. The standard InChI is InChI=1S/C18H18ClFN4O2/c1-5-9-26-18(25)14-10(6-2)16(21)23-17(22-14)11-7-8-12(19)15(13(11)20)24(3)4/h5-8H,1-2,9H2,3-4H3,(H2,21,22,23). The SMILES string of the molecule is C=CCOC(=O)c1nc(-c2ccc(Cl)c(N(C)C)c2F)nc(N)c1C=C. The molecule has 0 bridgehead atoms. The van der Waals surface area contributed by atoms with Gasteiger partial charge in [0, 0.05) is 19.7 Å². The van der Waals surface area contributed by atoms with Crippen LogP contribution < -0.4 is 10.6 Å². The summed E-state index contributed by atoms with van der Waals surface area (Å²) in [6, 6.07) is 2.94. The van der Waals surface area contributed by atoms with Crippen molar-refractivity contribution in [1.29, 1.82) is 0 Å². The molecule has 0 aliphatic rings. The summed E-state index contributed by atoms with van der Waals surface area (Å²) in [4.78, 5) is 22.0. The number of anilines is 2. The molecular weight excluding hydrogens is 359 g/mol. The van der Waals surface area contributed by atoms with Crippen LogP contribution in [0.5, 0.6) is 0 Å². The number of nitrogen functional groups attached to an aromatic ring is 1. The maximum Gasteiger partial charge on any atom is 0.358 e. The third-order valence-electron chi connectivity index (χ3n) is 3.46. The maximum atomic E-state index is 14.9. The summed E-state index contributed by atoms with van der Waals surface area (Å²) >= 11 is 6.06. The molecule has 2 rings (SSSR count). The zero-order valence-corrected chi connectivity index (χ0v) is 15.2. The van der Waals surface area contributed by atoms with Crippen molar-refractivity contribution < 1.29 is 13.9 Å². The second-order valence-corrected chi connectivity index (χ2v) is 5.85. The first-order valence-corrected chi connectivity index (χ1v) is 7.93. The van der Waals surface area contributed by atoms with Crippen molar-refractivity contribution in [3.05, 3.63) is 53.5 Å². The summed E-state index contributed by atoms with van der Waals surface area (Å²) in [6.45, 7) is 7.07. The van der Waals surface area contributed by atoms with E-state index in [4.69, 9.17) is 22.1 Å². The molecule has 2 N–H and O–H groups in total. The number of hydrogen-bond acceptors (Lipinski definition) is 6. The normalized spacial score (nSPS) is 10.3. The lowest BCUT2D eigenvalue weighted by Gasteiger charge is -2.17. The van der Waals surface area contributed by atoms with E-state index in [0.29, 0.717) is 0 Å². The Morgan fingerprint density at radius 2 is 2.08 bits per heavy atom. The first kappa shape index (κ1) is 19.4. The molecule has 2 aromatic rings. The van der Waals surface area contributed by atoms with Crippen LogP contribution in [-0.2, 0) is 4.74 Å². The van der Waals surface area contributed by atoms with Crippen molar-refractivity contribution >= 4 is 35.2 Å². The highest BCUT2D eigenvalue weighted by Gasteiger charge is 2.22. The zero-order chi connectivity index (χ0) is 19.4. The number of halogens is 2. The Morgan fingerprint density at radius 1 is 1.38 bits per heavy atom. The van der Waals surface area contributed by atoms with Crippen LogP contribution >= 0.6 is 11.6 Å². The van der Waals surface area contributed by atoms with Gasteiger partial charge in [-0.25, -0.2) is 19.2 Å². The first-order valence-electron chi connectivity index (χ1n) is 7.55. The van der Waals surface area contributed by atoms with Crippen LogP contribution in [0.3, 0.4) is 0 Å². The Balaban J connectivity index is 2.67. The van der Waals surface area contributed by atoms with Crippen molar-refractivity contribution in [2.75, 3.05) is 31.3 Å². The Kier molecular flexibility index (Phi) is 5.94. The quantitative estimate of drug-likeness (QED) is 0.613. The lowest BCUT2D eigenvalue weighted by Crippen LogP contribution is -2.15. The molecule has 0 unspecified atom stereocenters. The van der Waals surface area contributed by atoms with Crippen molar-refractivity contribution in [2.45, 2.75) is 0 Å². The van der Waals surface area contributed by atoms with Gasteiger partial charge in [0.15, 0.2) is 17.3 Å². The van der Waals surface area contributed by atoms with Crippen LogP contribution in [0.2, 0.25) is 5.02 Å². The third-order valence-corrected chi connectivity index (χ3v) is 3.76. The number of aromatic nitrogens is 2. The Hall–Kier alpha value is -2.93. The average molecular weight is 377 g/mol. The molecule has 0 atom stereocenters. The van der Waals surface area contributed by atoms with Crippen molar-refractivity contribution in [2.24, 2.45) is 0 Å². The monoisotopic (exact) mass is 376 g/mol. The molecule has 0 fully saturated rings. The van der Waals surface area contributed by atoms with Crippen LogP contribution in [0.1, 0.15) is 16.1 Å². The van der Waals surface area contributed by atoms with Gasteiger partial charge in [-0.15, -0.1) is 0 Å². The van der Waals surface area contributed by atoms with Gasteiger partial charge in [0.1, 0.15) is 12.4 Å². The van der Waals surface area contributed by atoms with Crippen LogP contribution in [0.15, 0.2) is 31.4 Å². The van der Waals surface area contributed by atoms with Gasteiger partial charge in [0.25, 0.3) is 0 Å². The minimum absolute atomic E-state index is 0.00522. The molecular formula is C18H18ClFN4O2. The molecule has 26 heavy (non-hydrogen) atoms. The summed E-state index contributed by atoms with van der Waals surface area (Å²) in [6.07, 6.45) is 2.76. The van der Waals surface area contributed by atoms with Crippen LogP contribution in [0, 0.1) is 5.82 Å². The predicted octanol–water partition coefficient (Wildman–Crippen LogP) is 3.57. The first-order chi connectivity index (χ1) is 12.3. The lowest BCUT2D eigenvalue weighted by molar-refractivity contribution is 0.0542. The molecule has 0 saturated carbocycles. The van der Waals surface area contributed by atoms with Gasteiger partial charge < -0.3 is 15.4 Å². The van der Waals surface area contributed by atoms with Crippen molar-refractivity contribution in [3.8, 4) is 11.4 Å². The summed E-state index contributed by atoms with van der Waals surface area (Å²) in [7, 11) is 3.31. The van der Waals surface area contributed by atoms with Crippen molar-refractivity contribution in [1.82, 2.24) is 9.97 Å². The lowest BCUT2D eigenvalue weighted by atomic mass is 10.1. The fourth-order valence-corrected chi connectivity index (χ4v) is 2.61. The highest BCUT2D eigenvalue weighted by atomic mass is 35.5. The van der Waals surface area contributed by atoms with Gasteiger partial charge >= 0.3 is 5.97 Å². The van der Waals surface area contributed by atoms with E-state index in [9.17, 15) is 9.18 Å². The van der Waals surface area contributed by atoms with Crippen LogP contribution in [-0.4, -0.2) is 36.6 Å². The molecule has 1 heterocycles. The molecule has 0 aliphatic heterocycles. The van der Waals surface area contributed by atoms with Gasteiger partial charge in [0.05, 0.1) is 16.3 Å². The highest BCUT2D eigenvalue weighted by Crippen LogP contribution is 2.34. The number of ether oxygens (including phenoxy) is 1. The van der Waals surface area contributed by atoms with E-state index in [1.54, 1.807) is 14.1 Å². The van der Waals surface area contributed by atoms with Gasteiger partial charge in [0.2, 0.25) is 0 Å². The number of carbonyl (C=O) groups excluding carboxylic acids is 1. The second-order valence-electron chi connectivity index (χ2n) is 5.44. The van der Waals surface area contributed by atoms with Gasteiger partial charge in [-0.05, 0) is 12.1 Å². The molecule has 8 heteroatoms. The second kappa shape index (κ2) is 7.97. The molecule has 136 valence electrons. The summed E-state index contributed by atoms with van der Waals surface area (Å²) in [5.41, 5.74) is 6.24. The van der Waals surface area contributed by atoms with Crippen LogP contribution in [0.4, 0.5) is 15.9 Å². The summed E-state index contributed by atoms with van der Waals surface area (Å²) < 4.78 is 19.9. The maximum absolute atomic E-state index is 14.9. The molecule has 6 nitrogen and oxygen atoms in total. The summed E-state index contributed by atoms with van der Waals surface area (Å²) in [5.74, 6) is -1.44. The van der Waals surface area contributed by atoms with E-state index in [2.05, 4.69) is 23.1 Å². The number of hydrogen-bond donors (Lipinski definition) is 1. The predicted molar refractivity (Wildman–Crippen MR) is 102 cm³/mol. The van der Waals surface area contributed by atoms with E-state index in [0.717, 1.165) is 0 Å². The van der Waals surface area contributed by atoms with E-state index < -0.39 is 11.8 Å². The van der Waals surface area contributed by atoms with E-state index >= 15 is 0 Å². The minimum Gasteiger partial charge on any atom is -0.457 e. The van der Waals surface area contributed by atoms with Crippen LogP contribution in [0.25, 0.3) is 17.5 Å². The molecule has 0 spiro atoms. The molecule has 1 aromatic heterocycles. The van der Waals surface area contributed by atoms with Crippen molar-refractivity contribution in [3.63, 3.8) is 0 Å². The number of benzene rings is 1. The Morgan fingerprint density at radius 3 is 2.65 bits per heavy atom. The average Bonchev–Trinajstić information content (AvgIpc) is 2.58. The Bertz CT molecular complexity index is 884. The fraction of sp³-hybridized carbons (Fsp3) is 0.167. The number of rotatable bonds is 6. The number of carbonyl (C=O) groups is 1. The summed E-state index contributed by atoms with van der Waals surface area (Å²) in [5, 5.41) is 0.234. The number of nitrogens with two attached hydrogens (primary N) is 1. The topological polar surface area (TPSA) is 81.3 Å². The molecule has 0 radical (unpaired) electrons. The molecule has 0 amide bonds. The fourth-order valence-electron chi connectivity index (χ4n) is 2.29. The van der Waals surface area contributed by atoms with Gasteiger partial charge in [-0.1, -0.05) is 36.9 Å². The highest BCUT2D eigenvalue weighted by molar-refractivity contribution is 6.33. The third kappa shape index (κ3) is 3.67. The number of esters is 1. The van der Waals surface area contributed by atoms with Gasteiger partial charge in [-0.3, -0.25) is 0 Å². The van der Waals surface area contributed by atoms with E-state index in [1.807, 2.05) is 0 Å². The molecule has 0 aliphatic carbocycles. The number of nitrogens with zero attached hydrogens (tertiary/aromatic N) is 3. The minimum atomic E-state index is -0.739.